The highest BCUT2D eigenvalue weighted by molar-refractivity contribution is 7.18. The molecule has 7 heteroatoms. The number of carbonyl (C=O) groups is 1. The van der Waals surface area contributed by atoms with Gasteiger partial charge >= 0.3 is 0 Å². The van der Waals surface area contributed by atoms with Gasteiger partial charge in [0, 0.05) is 31.1 Å². The Kier molecular flexibility index (Phi) is 6.43. The molecular formula is C24H24N4O2S. The summed E-state index contributed by atoms with van der Waals surface area (Å²) >= 11 is 1.69. The Bertz CT molecular complexity index is 1200. The van der Waals surface area contributed by atoms with Crippen LogP contribution in [0.15, 0.2) is 67.0 Å². The molecule has 1 amide bonds. The number of thiazole rings is 1. The number of aromatic nitrogens is 3. The summed E-state index contributed by atoms with van der Waals surface area (Å²) in [4.78, 5) is 17.0. The number of methoxy groups -OCH3 is 1. The highest BCUT2D eigenvalue weighted by atomic mass is 32.1. The molecule has 0 aliphatic heterocycles. The molecule has 2 aromatic carbocycles. The summed E-state index contributed by atoms with van der Waals surface area (Å²) in [7, 11) is 1.63. The van der Waals surface area contributed by atoms with E-state index in [1.165, 1.54) is 0 Å². The van der Waals surface area contributed by atoms with Crippen LogP contribution in [0.1, 0.15) is 23.4 Å². The molecule has 0 bridgehead atoms. The Morgan fingerprint density at radius 2 is 2.13 bits per heavy atom. The lowest BCUT2D eigenvalue weighted by Crippen LogP contribution is -2.22. The molecular weight excluding hydrogens is 408 g/mol. The van der Waals surface area contributed by atoms with Gasteiger partial charge in [0.05, 0.1) is 28.5 Å². The lowest BCUT2D eigenvalue weighted by molar-refractivity contribution is -0.120. The molecule has 0 radical (unpaired) electrons. The van der Waals surface area contributed by atoms with E-state index in [4.69, 9.17) is 9.72 Å². The number of H-pyrrole nitrogens is 1. The van der Waals surface area contributed by atoms with Crippen molar-refractivity contribution in [2.24, 2.45) is 0 Å². The Morgan fingerprint density at radius 1 is 1.23 bits per heavy atom. The number of fused-ring (bicyclic) bond motifs is 1. The highest BCUT2D eigenvalue weighted by Crippen LogP contribution is 2.28. The molecule has 6 nitrogen and oxygen atoms in total. The molecule has 0 fully saturated rings. The van der Waals surface area contributed by atoms with Gasteiger partial charge in [-0.05, 0) is 41.8 Å². The molecule has 4 aromatic rings. The first-order chi connectivity index (χ1) is 15.1. The van der Waals surface area contributed by atoms with E-state index in [-0.39, 0.29) is 5.91 Å². The van der Waals surface area contributed by atoms with E-state index >= 15 is 0 Å². The van der Waals surface area contributed by atoms with Crippen molar-refractivity contribution in [3.63, 3.8) is 0 Å². The maximum absolute atomic E-state index is 12.3. The number of nitrogens with zero attached hydrogens (tertiary/aromatic N) is 2. The van der Waals surface area contributed by atoms with Crippen molar-refractivity contribution in [3.8, 4) is 16.9 Å². The van der Waals surface area contributed by atoms with Crippen LogP contribution >= 0.6 is 11.3 Å². The van der Waals surface area contributed by atoms with E-state index in [0.717, 1.165) is 56.1 Å². The highest BCUT2D eigenvalue weighted by Gasteiger charge is 2.09. The second-order valence-corrected chi connectivity index (χ2v) is 8.45. The molecule has 0 spiro atoms. The van der Waals surface area contributed by atoms with Gasteiger partial charge < -0.3 is 10.1 Å². The van der Waals surface area contributed by atoms with E-state index in [9.17, 15) is 4.79 Å². The largest absolute Gasteiger partial charge is 0.497 e. The van der Waals surface area contributed by atoms with Crippen LogP contribution in [0, 0.1) is 0 Å². The topological polar surface area (TPSA) is 79.9 Å². The third kappa shape index (κ3) is 5.38. The maximum atomic E-state index is 12.3. The van der Waals surface area contributed by atoms with Gasteiger partial charge in [0.15, 0.2) is 0 Å². The molecule has 0 atom stereocenters. The van der Waals surface area contributed by atoms with E-state index in [0.29, 0.717) is 13.0 Å². The normalized spacial score (nSPS) is 10.9. The molecule has 0 aliphatic rings. The van der Waals surface area contributed by atoms with Crippen molar-refractivity contribution in [1.29, 1.82) is 0 Å². The number of carbonyl (C=O) groups excluding carboxylic acids is 1. The second kappa shape index (κ2) is 9.57. The fourth-order valence-electron chi connectivity index (χ4n) is 3.31. The smallest absolute Gasteiger partial charge is 0.224 e. The number of benzene rings is 2. The van der Waals surface area contributed by atoms with Crippen molar-refractivity contribution < 1.29 is 9.53 Å². The summed E-state index contributed by atoms with van der Waals surface area (Å²) in [6, 6.07) is 13.9. The van der Waals surface area contributed by atoms with Gasteiger partial charge in [0.2, 0.25) is 5.91 Å². The Labute approximate surface area is 185 Å². The van der Waals surface area contributed by atoms with Crippen LogP contribution in [0.25, 0.3) is 21.3 Å². The number of aryl methyl sites for hydroxylation is 1. The first kappa shape index (κ1) is 20.8. The Hall–Kier alpha value is -3.45. The standard InChI is InChI=1S/C24H24N4O2S/c1-16(10-23(29)25-13-17-4-3-5-20(11-17)30-2)6-9-24-28-21-8-7-18(12-22(21)31-24)19-14-26-27-15-19/h3-5,7-8,11-12,14-15H,1,6,9-10,13H2,2H3,(H,25,29)(H,26,27). The van der Waals surface area contributed by atoms with Gasteiger partial charge in [-0.2, -0.15) is 5.10 Å². The lowest BCUT2D eigenvalue weighted by atomic mass is 10.1. The van der Waals surface area contributed by atoms with Gasteiger partial charge in [0.25, 0.3) is 0 Å². The molecule has 2 aromatic heterocycles. The third-order valence-corrected chi connectivity index (χ3v) is 6.07. The lowest BCUT2D eigenvalue weighted by Gasteiger charge is -2.08. The summed E-state index contributed by atoms with van der Waals surface area (Å²) in [6.45, 7) is 4.55. The molecule has 0 saturated heterocycles. The van der Waals surface area contributed by atoms with Crippen molar-refractivity contribution >= 4 is 27.5 Å². The van der Waals surface area contributed by atoms with E-state index in [1.807, 2.05) is 42.7 Å². The minimum absolute atomic E-state index is 0.0260. The van der Waals surface area contributed by atoms with Crippen molar-refractivity contribution in [2.45, 2.75) is 25.8 Å². The summed E-state index contributed by atoms with van der Waals surface area (Å²) in [6.07, 6.45) is 5.53. The molecule has 0 unspecified atom stereocenters. The molecule has 158 valence electrons. The van der Waals surface area contributed by atoms with Gasteiger partial charge in [-0.15, -0.1) is 11.3 Å². The zero-order valence-corrected chi connectivity index (χ0v) is 18.2. The van der Waals surface area contributed by atoms with E-state index in [2.05, 4.69) is 34.2 Å². The summed E-state index contributed by atoms with van der Waals surface area (Å²) < 4.78 is 6.36. The van der Waals surface area contributed by atoms with Crippen LogP contribution < -0.4 is 10.1 Å². The fraction of sp³-hybridized carbons (Fsp3) is 0.208. The molecule has 4 rings (SSSR count). The number of rotatable bonds is 9. The molecule has 2 N–H and O–H groups in total. The van der Waals surface area contributed by atoms with E-state index < -0.39 is 0 Å². The Balaban J connectivity index is 1.28. The predicted octanol–water partition coefficient (Wildman–Crippen LogP) is 4.89. The molecule has 0 aliphatic carbocycles. The number of hydrogen-bond donors (Lipinski definition) is 2. The van der Waals surface area contributed by atoms with Crippen molar-refractivity contribution in [1.82, 2.24) is 20.5 Å². The fourth-order valence-corrected chi connectivity index (χ4v) is 4.32. The average molecular weight is 433 g/mol. The summed E-state index contributed by atoms with van der Waals surface area (Å²) in [5, 5.41) is 10.8. The predicted molar refractivity (Wildman–Crippen MR) is 124 cm³/mol. The van der Waals surface area contributed by atoms with Crippen molar-refractivity contribution in [3.05, 3.63) is 77.6 Å². The molecule has 0 saturated carbocycles. The monoisotopic (exact) mass is 432 g/mol. The van der Waals surface area contributed by atoms with Crippen LogP contribution in [0.3, 0.4) is 0 Å². The van der Waals surface area contributed by atoms with E-state index in [1.54, 1.807) is 18.4 Å². The van der Waals surface area contributed by atoms with Gasteiger partial charge in [-0.1, -0.05) is 30.4 Å². The first-order valence-electron chi connectivity index (χ1n) is 10.1. The van der Waals surface area contributed by atoms with Gasteiger partial charge in [-0.25, -0.2) is 4.98 Å². The van der Waals surface area contributed by atoms with Crippen LogP contribution in [0.5, 0.6) is 5.75 Å². The molecule has 2 heterocycles. The zero-order valence-electron chi connectivity index (χ0n) is 17.4. The minimum atomic E-state index is -0.0260. The number of hydrogen-bond acceptors (Lipinski definition) is 5. The second-order valence-electron chi connectivity index (χ2n) is 7.33. The quantitative estimate of drug-likeness (QED) is 0.369. The van der Waals surface area contributed by atoms with Crippen LogP contribution in [-0.2, 0) is 17.8 Å². The van der Waals surface area contributed by atoms with Crippen LogP contribution in [0.2, 0.25) is 0 Å². The zero-order chi connectivity index (χ0) is 21.6. The average Bonchev–Trinajstić information content (AvgIpc) is 3.45. The third-order valence-electron chi connectivity index (χ3n) is 4.99. The number of ether oxygens (including phenoxy) is 1. The number of amides is 1. The summed E-state index contributed by atoms with van der Waals surface area (Å²) in [5.41, 5.74) is 5.08. The van der Waals surface area contributed by atoms with Crippen LogP contribution in [-0.4, -0.2) is 28.2 Å². The Morgan fingerprint density at radius 3 is 2.94 bits per heavy atom. The summed E-state index contributed by atoms with van der Waals surface area (Å²) in [5.74, 6) is 0.755. The maximum Gasteiger partial charge on any atom is 0.224 e. The number of nitrogens with one attached hydrogen (secondary N) is 2. The van der Waals surface area contributed by atoms with Gasteiger partial charge in [-0.3, -0.25) is 9.89 Å². The van der Waals surface area contributed by atoms with Crippen LogP contribution in [0.4, 0.5) is 0 Å². The van der Waals surface area contributed by atoms with Gasteiger partial charge in [0.1, 0.15) is 5.75 Å². The molecule has 31 heavy (non-hydrogen) atoms. The van der Waals surface area contributed by atoms with Crippen molar-refractivity contribution in [2.75, 3.05) is 7.11 Å². The minimum Gasteiger partial charge on any atom is -0.497 e. The number of aromatic amines is 1. The SMILES string of the molecule is C=C(CCc1nc2ccc(-c3cn[nH]c3)cc2s1)CC(=O)NCc1cccc(OC)c1. The first-order valence-corrected chi connectivity index (χ1v) is 10.9.